The first-order valence-electron chi connectivity index (χ1n) is 8.14. The highest BCUT2D eigenvalue weighted by atomic mass is 32.1. The number of nitrogens with zero attached hydrogens (tertiary/aromatic N) is 4. The summed E-state index contributed by atoms with van der Waals surface area (Å²) >= 11 is 0.747. The van der Waals surface area contributed by atoms with Crippen LogP contribution in [-0.4, -0.2) is 67.1 Å². The van der Waals surface area contributed by atoms with Gasteiger partial charge in [0, 0.05) is 38.8 Å². The average molecular weight is 348 g/mol. The lowest BCUT2D eigenvalue weighted by Crippen LogP contribution is -2.51. The van der Waals surface area contributed by atoms with Crippen molar-refractivity contribution in [3.05, 3.63) is 11.1 Å². The first-order valence-corrected chi connectivity index (χ1v) is 8.96. The first kappa shape index (κ1) is 17.0. The Morgan fingerprint density at radius 3 is 2.52 bits per heavy atom. The lowest BCUT2D eigenvalue weighted by Gasteiger charge is -2.40. The first-order chi connectivity index (χ1) is 10.9. The molecule has 0 spiro atoms. The predicted molar refractivity (Wildman–Crippen MR) is 86.0 cm³/mol. The molecule has 130 valence electrons. The van der Waals surface area contributed by atoms with E-state index in [1.54, 1.807) is 0 Å². The molecule has 0 aliphatic carbocycles. The molecule has 0 radical (unpaired) electrons. The maximum absolute atomic E-state index is 12.7. The SMILES string of the molecule is CN1CCCCC1CN1CCN(c2ncc(C(F)(F)F)s2)CC1. The van der Waals surface area contributed by atoms with Crippen molar-refractivity contribution in [2.75, 3.05) is 51.2 Å². The molecule has 0 aromatic carbocycles. The number of likely N-dealkylation sites (N-methyl/N-ethyl adjacent to an activating group) is 1. The molecule has 1 atom stereocenters. The molecule has 1 unspecified atom stereocenters. The van der Waals surface area contributed by atoms with Crippen LogP contribution in [-0.2, 0) is 6.18 Å². The fourth-order valence-corrected chi connectivity index (χ4v) is 4.17. The topological polar surface area (TPSA) is 22.6 Å². The maximum Gasteiger partial charge on any atom is 0.427 e. The molecule has 2 fully saturated rings. The summed E-state index contributed by atoms with van der Waals surface area (Å²) in [5, 5.41) is 0.492. The van der Waals surface area contributed by atoms with Gasteiger partial charge in [-0.2, -0.15) is 13.2 Å². The Morgan fingerprint density at radius 2 is 1.91 bits per heavy atom. The molecule has 3 rings (SSSR count). The van der Waals surface area contributed by atoms with Crippen molar-refractivity contribution in [3.63, 3.8) is 0 Å². The maximum atomic E-state index is 12.7. The molecule has 0 amide bonds. The fourth-order valence-electron chi connectivity index (χ4n) is 3.34. The van der Waals surface area contributed by atoms with Gasteiger partial charge in [0.15, 0.2) is 5.13 Å². The molecule has 2 saturated heterocycles. The molecule has 1 aromatic rings. The predicted octanol–water partition coefficient (Wildman–Crippen LogP) is 2.77. The summed E-state index contributed by atoms with van der Waals surface area (Å²) in [5.41, 5.74) is 0. The second-order valence-corrected chi connectivity index (χ2v) is 7.43. The molecule has 2 aliphatic heterocycles. The molecule has 0 saturated carbocycles. The van der Waals surface area contributed by atoms with E-state index in [1.165, 1.54) is 25.8 Å². The van der Waals surface area contributed by atoms with E-state index >= 15 is 0 Å². The summed E-state index contributed by atoms with van der Waals surface area (Å²) in [6.07, 6.45) is 0.492. The van der Waals surface area contributed by atoms with Gasteiger partial charge in [-0.1, -0.05) is 17.8 Å². The summed E-state index contributed by atoms with van der Waals surface area (Å²) in [6, 6.07) is 0.618. The van der Waals surface area contributed by atoms with Gasteiger partial charge >= 0.3 is 6.18 Å². The number of likely N-dealkylation sites (tertiary alicyclic amines) is 1. The van der Waals surface area contributed by atoms with Crippen molar-refractivity contribution in [1.29, 1.82) is 0 Å². The minimum atomic E-state index is -4.29. The number of alkyl halides is 3. The lowest BCUT2D eigenvalue weighted by atomic mass is 10.0. The number of halogens is 3. The summed E-state index contributed by atoms with van der Waals surface area (Å²) < 4.78 is 38.0. The highest BCUT2D eigenvalue weighted by molar-refractivity contribution is 7.15. The lowest BCUT2D eigenvalue weighted by molar-refractivity contribution is -0.134. The van der Waals surface area contributed by atoms with Crippen LogP contribution in [0.3, 0.4) is 0 Å². The van der Waals surface area contributed by atoms with Gasteiger partial charge < -0.3 is 9.80 Å². The molecular formula is C15H23F3N4S. The average Bonchev–Trinajstić information content (AvgIpc) is 3.00. The van der Waals surface area contributed by atoms with E-state index in [1.807, 2.05) is 4.90 Å². The molecule has 4 nitrogen and oxygen atoms in total. The Kier molecular flexibility index (Phi) is 5.13. The number of piperidine rings is 1. The van der Waals surface area contributed by atoms with E-state index in [4.69, 9.17) is 0 Å². The van der Waals surface area contributed by atoms with Crippen molar-refractivity contribution in [1.82, 2.24) is 14.8 Å². The zero-order chi connectivity index (χ0) is 16.4. The second kappa shape index (κ2) is 6.94. The monoisotopic (exact) mass is 348 g/mol. The van der Waals surface area contributed by atoms with E-state index in [-0.39, 0.29) is 0 Å². The Morgan fingerprint density at radius 1 is 1.17 bits per heavy atom. The number of hydrogen-bond acceptors (Lipinski definition) is 5. The zero-order valence-corrected chi connectivity index (χ0v) is 14.2. The Labute approximate surface area is 138 Å². The van der Waals surface area contributed by atoms with Crippen LogP contribution in [0.5, 0.6) is 0 Å². The highest BCUT2D eigenvalue weighted by Crippen LogP contribution is 2.36. The minimum absolute atomic E-state index is 0.492. The Bertz CT molecular complexity index is 511. The fraction of sp³-hybridized carbons (Fsp3) is 0.800. The molecule has 8 heteroatoms. The van der Waals surface area contributed by atoms with Crippen LogP contribution in [0.25, 0.3) is 0 Å². The zero-order valence-electron chi connectivity index (χ0n) is 13.3. The highest BCUT2D eigenvalue weighted by Gasteiger charge is 2.34. The standard InChI is InChI=1S/C15H23F3N4S/c1-20-5-3-2-4-12(20)11-21-6-8-22(9-7-21)14-19-10-13(23-14)15(16,17)18/h10,12H,2-9,11H2,1H3. The van der Waals surface area contributed by atoms with Crippen LogP contribution < -0.4 is 4.90 Å². The van der Waals surface area contributed by atoms with Gasteiger partial charge in [-0.25, -0.2) is 4.98 Å². The molecule has 0 bridgehead atoms. The van der Waals surface area contributed by atoms with Crippen LogP contribution >= 0.6 is 11.3 Å². The smallest absolute Gasteiger partial charge is 0.346 e. The Hall–Kier alpha value is -0.860. The molecular weight excluding hydrogens is 325 g/mol. The van der Waals surface area contributed by atoms with Crippen molar-refractivity contribution >= 4 is 16.5 Å². The van der Waals surface area contributed by atoms with Gasteiger partial charge in [0.2, 0.25) is 0 Å². The minimum Gasteiger partial charge on any atom is -0.346 e. The van der Waals surface area contributed by atoms with Gasteiger partial charge in [-0.05, 0) is 26.4 Å². The second-order valence-electron chi connectivity index (χ2n) is 6.42. The third kappa shape index (κ3) is 4.16. The van der Waals surface area contributed by atoms with Crippen molar-refractivity contribution in [2.45, 2.75) is 31.5 Å². The van der Waals surface area contributed by atoms with Crippen LogP contribution in [0.15, 0.2) is 6.20 Å². The number of hydrogen-bond donors (Lipinski definition) is 0. The van der Waals surface area contributed by atoms with Crippen molar-refractivity contribution in [3.8, 4) is 0 Å². The van der Waals surface area contributed by atoms with Crippen LogP contribution in [0.2, 0.25) is 0 Å². The molecule has 3 heterocycles. The summed E-state index contributed by atoms with van der Waals surface area (Å²) in [4.78, 5) is 10.2. The third-order valence-electron chi connectivity index (χ3n) is 4.81. The molecule has 1 aromatic heterocycles. The number of rotatable bonds is 3. The largest absolute Gasteiger partial charge is 0.427 e. The molecule has 0 N–H and O–H groups in total. The molecule has 2 aliphatic rings. The summed E-state index contributed by atoms with van der Waals surface area (Å²) in [5.74, 6) is 0. The van der Waals surface area contributed by atoms with Gasteiger partial charge in [0.25, 0.3) is 0 Å². The van der Waals surface area contributed by atoms with E-state index < -0.39 is 11.1 Å². The number of anilines is 1. The number of thiazole rings is 1. The van der Waals surface area contributed by atoms with E-state index in [0.717, 1.165) is 50.3 Å². The van der Waals surface area contributed by atoms with Crippen molar-refractivity contribution in [2.24, 2.45) is 0 Å². The van der Waals surface area contributed by atoms with E-state index in [0.29, 0.717) is 11.2 Å². The van der Waals surface area contributed by atoms with Gasteiger partial charge in [0.05, 0.1) is 6.20 Å². The van der Waals surface area contributed by atoms with Crippen molar-refractivity contribution < 1.29 is 13.2 Å². The molecule has 23 heavy (non-hydrogen) atoms. The third-order valence-corrected chi connectivity index (χ3v) is 5.91. The van der Waals surface area contributed by atoms with Crippen LogP contribution in [0.4, 0.5) is 18.3 Å². The quantitative estimate of drug-likeness (QED) is 0.838. The summed E-state index contributed by atoms with van der Waals surface area (Å²) in [7, 11) is 2.19. The normalized spacial score (nSPS) is 25.0. The number of aromatic nitrogens is 1. The van der Waals surface area contributed by atoms with Gasteiger partial charge in [0.1, 0.15) is 4.88 Å². The van der Waals surface area contributed by atoms with Gasteiger partial charge in [-0.15, -0.1) is 0 Å². The Balaban J connectivity index is 1.51. The van der Waals surface area contributed by atoms with Crippen LogP contribution in [0, 0.1) is 0 Å². The van der Waals surface area contributed by atoms with E-state index in [9.17, 15) is 13.2 Å². The number of piperazine rings is 1. The van der Waals surface area contributed by atoms with Crippen LogP contribution in [0.1, 0.15) is 24.1 Å². The summed E-state index contributed by atoms with van der Waals surface area (Å²) in [6.45, 7) is 5.53. The van der Waals surface area contributed by atoms with Gasteiger partial charge in [-0.3, -0.25) is 4.90 Å². The van der Waals surface area contributed by atoms with E-state index in [2.05, 4.69) is 21.8 Å².